The molecular weight excluding hydrogens is 213 g/mol. The lowest BCUT2D eigenvalue weighted by Gasteiger charge is -2.19. The molecule has 0 spiro atoms. The number of hydrogen-bond acceptors (Lipinski definition) is 1. The highest BCUT2D eigenvalue weighted by Crippen LogP contribution is 2.47. The molecule has 2 heteroatoms. The molecule has 0 saturated heterocycles. The number of nitrogens with one attached hydrogen (secondary N) is 1. The molecule has 1 nitrogen and oxygen atoms in total. The summed E-state index contributed by atoms with van der Waals surface area (Å²) in [4.78, 5) is 0. The van der Waals surface area contributed by atoms with E-state index in [1.165, 1.54) is 6.42 Å². The number of aryl methyl sites for hydroxylation is 1. The van der Waals surface area contributed by atoms with Crippen LogP contribution in [0.3, 0.4) is 0 Å². The Morgan fingerprint density at radius 3 is 2.65 bits per heavy atom. The molecule has 1 fully saturated rings. The lowest BCUT2D eigenvalue weighted by atomic mass is 9.99. The first-order chi connectivity index (χ1) is 8.11. The van der Waals surface area contributed by atoms with Crippen molar-refractivity contribution in [3.05, 3.63) is 35.1 Å². The molecular formula is C15H22FN. The van der Waals surface area contributed by atoms with Gasteiger partial charge in [0, 0.05) is 6.04 Å². The lowest BCUT2D eigenvalue weighted by Crippen LogP contribution is -2.24. The zero-order chi connectivity index (χ0) is 12.4. The minimum absolute atomic E-state index is 0.114. The molecule has 0 radical (unpaired) electrons. The predicted molar refractivity (Wildman–Crippen MR) is 69.4 cm³/mol. The molecule has 1 aromatic rings. The SMILES string of the molecule is CCCNC(c1cc(C)cc(F)c1)C1CC1C. The Bertz CT molecular complexity index is 368. The maximum absolute atomic E-state index is 13.5. The normalized spacial score (nSPS) is 24.7. The van der Waals surface area contributed by atoms with Gasteiger partial charge in [-0.05, 0) is 61.4 Å². The number of benzene rings is 1. The number of rotatable bonds is 5. The molecule has 2 rings (SSSR count). The fourth-order valence-electron chi connectivity index (χ4n) is 2.58. The van der Waals surface area contributed by atoms with Crippen molar-refractivity contribution in [2.75, 3.05) is 6.54 Å². The summed E-state index contributed by atoms with van der Waals surface area (Å²) in [5, 5.41) is 3.57. The van der Waals surface area contributed by atoms with E-state index in [1.54, 1.807) is 12.1 Å². The Morgan fingerprint density at radius 1 is 1.41 bits per heavy atom. The molecule has 3 unspecified atom stereocenters. The van der Waals surface area contributed by atoms with Crippen molar-refractivity contribution in [3.63, 3.8) is 0 Å². The zero-order valence-corrected chi connectivity index (χ0v) is 11.0. The highest BCUT2D eigenvalue weighted by molar-refractivity contribution is 5.28. The molecule has 0 amide bonds. The summed E-state index contributed by atoms with van der Waals surface area (Å²) in [6.45, 7) is 7.40. The van der Waals surface area contributed by atoms with Gasteiger partial charge in [-0.15, -0.1) is 0 Å². The summed E-state index contributed by atoms with van der Waals surface area (Å²) in [7, 11) is 0. The van der Waals surface area contributed by atoms with Crippen molar-refractivity contribution in [1.29, 1.82) is 0 Å². The van der Waals surface area contributed by atoms with Crippen LogP contribution >= 0.6 is 0 Å². The Hall–Kier alpha value is -0.890. The Labute approximate surface area is 103 Å². The highest BCUT2D eigenvalue weighted by atomic mass is 19.1. The molecule has 0 aliphatic heterocycles. The van der Waals surface area contributed by atoms with Gasteiger partial charge in [-0.3, -0.25) is 0 Å². The van der Waals surface area contributed by atoms with Crippen molar-refractivity contribution >= 4 is 0 Å². The Morgan fingerprint density at radius 2 is 2.12 bits per heavy atom. The zero-order valence-electron chi connectivity index (χ0n) is 11.0. The van der Waals surface area contributed by atoms with Crippen molar-refractivity contribution in [3.8, 4) is 0 Å². The average molecular weight is 235 g/mol. The third kappa shape index (κ3) is 3.06. The van der Waals surface area contributed by atoms with Crippen LogP contribution in [0.25, 0.3) is 0 Å². The molecule has 0 bridgehead atoms. The van der Waals surface area contributed by atoms with E-state index in [9.17, 15) is 4.39 Å². The van der Waals surface area contributed by atoms with Gasteiger partial charge in [0.25, 0.3) is 0 Å². The van der Waals surface area contributed by atoms with E-state index >= 15 is 0 Å². The summed E-state index contributed by atoms with van der Waals surface area (Å²) >= 11 is 0. The first-order valence-corrected chi connectivity index (χ1v) is 6.62. The average Bonchev–Trinajstić information content (AvgIpc) is 2.95. The van der Waals surface area contributed by atoms with Crippen LogP contribution in [0.5, 0.6) is 0 Å². The lowest BCUT2D eigenvalue weighted by molar-refractivity contribution is 0.460. The van der Waals surface area contributed by atoms with E-state index in [-0.39, 0.29) is 5.82 Å². The van der Waals surface area contributed by atoms with Crippen LogP contribution in [0.4, 0.5) is 4.39 Å². The minimum Gasteiger partial charge on any atom is -0.310 e. The molecule has 3 atom stereocenters. The summed E-state index contributed by atoms with van der Waals surface area (Å²) < 4.78 is 13.5. The Balaban J connectivity index is 2.18. The van der Waals surface area contributed by atoms with E-state index in [0.717, 1.165) is 30.0 Å². The van der Waals surface area contributed by atoms with E-state index in [2.05, 4.69) is 25.2 Å². The smallest absolute Gasteiger partial charge is 0.123 e. The maximum atomic E-state index is 13.5. The van der Waals surface area contributed by atoms with Crippen molar-refractivity contribution in [2.45, 2.75) is 39.7 Å². The van der Waals surface area contributed by atoms with Gasteiger partial charge in [-0.25, -0.2) is 4.39 Å². The van der Waals surface area contributed by atoms with Crippen LogP contribution in [-0.2, 0) is 0 Å². The van der Waals surface area contributed by atoms with Crippen LogP contribution in [-0.4, -0.2) is 6.54 Å². The summed E-state index contributed by atoms with van der Waals surface area (Å²) in [6.07, 6.45) is 2.38. The molecule has 0 aromatic heterocycles. The standard InChI is InChI=1S/C15H22FN/c1-4-5-17-15(14-8-11(14)3)12-6-10(2)7-13(16)9-12/h6-7,9,11,14-15,17H,4-5,8H2,1-3H3. The molecule has 17 heavy (non-hydrogen) atoms. The first-order valence-electron chi connectivity index (χ1n) is 6.62. The van der Waals surface area contributed by atoms with Gasteiger partial charge in [-0.2, -0.15) is 0 Å². The van der Waals surface area contributed by atoms with Crippen molar-refractivity contribution in [1.82, 2.24) is 5.32 Å². The molecule has 1 N–H and O–H groups in total. The molecule has 1 aliphatic rings. The molecule has 94 valence electrons. The summed E-state index contributed by atoms with van der Waals surface area (Å²) in [6, 6.07) is 5.73. The second-order valence-corrected chi connectivity index (χ2v) is 5.37. The molecule has 1 saturated carbocycles. The number of hydrogen-bond donors (Lipinski definition) is 1. The fourth-order valence-corrected chi connectivity index (χ4v) is 2.58. The van der Waals surface area contributed by atoms with Gasteiger partial charge in [-0.1, -0.05) is 19.9 Å². The topological polar surface area (TPSA) is 12.0 Å². The quantitative estimate of drug-likeness (QED) is 0.818. The van der Waals surface area contributed by atoms with E-state index < -0.39 is 0 Å². The van der Waals surface area contributed by atoms with Crippen LogP contribution in [0.1, 0.15) is 43.9 Å². The van der Waals surface area contributed by atoms with Crippen LogP contribution in [0.15, 0.2) is 18.2 Å². The van der Waals surface area contributed by atoms with Crippen molar-refractivity contribution < 1.29 is 4.39 Å². The second-order valence-electron chi connectivity index (χ2n) is 5.37. The van der Waals surface area contributed by atoms with E-state index in [1.807, 2.05) is 6.92 Å². The van der Waals surface area contributed by atoms with Gasteiger partial charge in [0.1, 0.15) is 5.82 Å². The van der Waals surface area contributed by atoms with Gasteiger partial charge < -0.3 is 5.32 Å². The number of halogens is 1. The van der Waals surface area contributed by atoms with Crippen LogP contribution < -0.4 is 5.32 Å². The largest absolute Gasteiger partial charge is 0.310 e. The predicted octanol–water partition coefficient (Wildman–Crippen LogP) is 3.83. The third-order valence-electron chi connectivity index (χ3n) is 3.64. The van der Waals surface area contributed by atoms with Crippen LogP contribution in [0.2, 0.25) is 0 Å². The van der Waals surface area contributed by atoms with Gasteiger partial charge in [0.2, 0.25) is 0 Å². The summed E-state index contributed by atoms with van der Waals surface area (Å²) in [5.41, 5.74) is 2.13. The van der Waals surface area contributed by atoms with Gasteiger partial charge in [0.05, 0.1) is 0 Å². The maximum Gasteiger partial charge on any atom is 0.123 e. The minimum atomic E-state index is -0.114. The van der Waals surface area contributed by atoms with E-state index in [4.69, 9.17) is 0 Å². The third-order valence-corrected chi connectivity index (χ3v) is 3.64. The molecule has 1 aromatic carbocycles. The molecule has 1 aliphatic carbocycles. The monoisotopic (exact) mass is 235 g/mol. The van der Waals surface area contributed by atoms with E-state index in [0.29, 0.717) is 12.0 Å². The van der Waals surface area contributed by atoms with Crippen molar-refractivity contribution in [2.24, 2.45) is 11.8 Å². The first kappa shape index (κ1) is 12.6. The van der Waals surface area contributed by atoms with Gasteiger partial charge in [0.15, 0.2) is 0 Å². The van der Waals surface area contributed by atoms with Gasteiger partial charge >= 0.3 is 0 Å². The second kappa shape index (κ2) is 5.18. The highest BCUT2D eigenvalue weighted by Gasteiger charge is 2.39. The molecule has 0 heterocycles. The summed E-state index contributed by atoms with van der Waals surface area (Å²) in [5.74, 6) is 1.34. The Kier molecular flexibility index (Phi) is 3.82. The fraction of sp³-hybridized carbons (Fsp3) is 0.600. The van der Waals surface area contributed by atoms with Crippen LogP contribution in [0, 0.1) is 24.6 Å².